The fourth-order valence-electron chi connectivity index (χ4n) is 5.76. The third-order valence-corrected chi connectivity index (χ3v) is 9.12. The molecule has 5 aromatic carbocycles. The van der Waals surface area contributed by atoms with E-state index in [1.165, 1.54) is 11.0 Å². The third kappa shape index (κ3) is 9.52. The van der Waals surface area contributed by atoms with Crippen LogP contribution in [0.4, 0.5) is 29.3 Å². The average Bonchev–Trinajstić information content (AvgIpc) is 3.11. The minimum atomic E-state index is -4.56. The van der Waals surface area contributed by atoms with Gasteiger partial charge in [0, 0.05) is 30.8 Å². The van der Waals surface area contributed by atoms with Gasteiger partial charge in [0.2, 0.25) is 0 Å². The molecular formula is C39H37Cl3F3N3O2. The summed E-state index contributed by atoms with van der Waals surface area (Å²) >= 11 is 12.6. The molecule has 50 heavy (non-hydrogen) atoms. The van der Waals surface area contributed by atoms with Gasteiger partial charge in [0.25, 0.3) is 0 Å². The first kappa shape index (κ1) is 38.6. The van der Waals surface area contributed by atoms with Gasteiger partial charge in [-0.2, -0.15) is 13.2 Å². The molecule has 0 bridgehead atoms. The van der Waals surface area contributed by atoms with Crippen LogP contribution >= 0.6 is 35.6 Å². The predicted molar refractivity (Wildman–Crippen MR) is 199 cm³/mol. The van der Waals surface area contributed by atoms with Crippen molar-refractivity contribution in [3.05, 3.63) is 160 Å². The molecule has 5 nitrogen and oxygen atoms in total. The smallest absolute Gasteiger partial charge is 0.417 e. The molecular weight excluding hydrogens is 706 g/mol. The predicted octanol–water partition coefficient (Wildman–Crippen LogP) is 10.7. The highest BCUT2D eigenvalue weighted by Gasteiger charge is 2.38. The van der Waals surface area contributed by atoms with Gasteiger partial charge in [0.15, 0.2) is 0 Å². The summed E-state index contributed by atoms with van der Waals surface area (Å²) in [5.41, 5.74) is 1.92. The van der Waals surface area contributed by atoms with Crippen molar-refractivity contribution in [2.75, 3.05) is 37.0 Å². The van der Waals surface area contributed by atoms with Crippen LogP contribution in [0.3, 0.4) is 0 Å². The lowest BCUT2D eigenvalue weighted by molar-refractivity contribution is -0.137. The van der Waals surface area contributed by atoms with Crippen molar-refractivity contribution in [2.24, 2.45) is 0 Å². The summed E-state index contributed by atoms with van der Waals surface area (Å²) in [7, 11) is 1.66. The summed E-state index contributed by atoms with van der Waals surface area (Å²) in [5, 5.41) is 6.52. The zero-order valence-electron chi connectivity index (χ0n) is 27.2. The number of hydrogen-bond donors (Lipinski definition) is 2. The number of amides is 2. The molecule has 11 heteroatoms. The third-order valence-electron chi connectivity index (χ3n) is 8.35. The number of para-hydroxylation sites is 1. The number of carbonyl (C=O) groups is 1. The lowest BCUT2D eigenvalue weighted by Gasteiger charge is -2.36. The Bertz CT molecular complexity index is 1800. The van der Waals surface area contributed by atoms with Crippen LogP contribution in [0.25, 0.3) is 0 Å². The number of carbonyl (C=O) groups excluding carboxylic acids is 1. The largest absolute Gasteiger partial charge is 0.493 e. The van der Waals surface area contributed by atoms with E-state index in [4.69, 9.17) is 27.9 Å². The molecule has 2 amide bonds. The van der Waals surface area contributed by atoms with Crippen LogP contribution in [-0.4, -0.2) is 32.8 Å². The molecule has 2 N–H and O–H groups in total. The van der Waals surface area contributed by atoms with E-state index in [0.717, 1.165) is 17.2 Å². The Balaban J connectivity index is 0.00000562. The first-order valence-electron chi connectivity index (χ1n) is 15.8. The Morgan fingerprint density at radius 1 is 0.800 bits per heavy atom. The van der Waals surface area contributed by atoms with E-state index in [-0.39, 0.29) is 29.9 Å². The quantitative estimate of drug-likeness (QED) is 0.118. The van der Waals surface area contributed by atoms with Crippen LogP contribution in [0.5, 0.6) is 5.75 Å². The first-order chi connectivity index (χ1) is 23.6. The minimum Gasteiger partial charge on any atom is -0.493 e. The van der Waals surface area contributed by atoms with E-state index in [1.54, 1.807) is 43.4 Å². The van der Waals surface area contributed by atoms with Crippen LogP contribution in [-0.2, 0) is 18.0 Å². The Morgan fingerprint density at radius 3 is 2.06 bits per heavy atom. The number of hydrogen-bond acceptors (Lipinski definition) is 3. The molecule has 5 aromatic rings. The second kappa shape index (κ2) is 17.6. The van der Waals surface area contributed by atoms with E-state index in [1.807, 2.05) is 78.9 Å². The molecule has 0 aliphatic carbocycles. The van der Waals surface area contributed by atoms with E-state index in [9.17, 15) is 18.0 Å². The lowest BCUT2D eigenvalue weighted by Crippen LogP contribution is -2.42. The number of rotatable bonds is 13. The molecule has 0 unspecified atom stereocenters. The molecule has 0 aromatic heterocycles. The maximum atomic E-state index is 13.8. The summed E-state index contributed by atoms with van der Waals surface area (Å²) in [5.74, 6) is 0.608. The number of nitrogens with one attached hydrogen (secondary N) is 2. The molecule has 0 heterocycles. The summed E-state index contributed by atoms with van der Waals surface area (Å²) in [4.78, 5) is 14.3. The second-order valence-electron chi connectivity index (χ2n) is 11.6. The van der Waals surface area contributed by atoms with Gasteiger partial charge in [-0.3, -0.25) is 4.90 Å². The molecule has 0 saturated carbocycles. The normalized spacial score (nSPS) is 11.4. The first-order valence-corrected chi connectivity index (χ1v) is 16.5. The maximum Gasteiger partial charge on any atom is 0.417 e. The van der Waals surface area contributed by atoms with Crippen molar-refractivity contribution < 1.29 is 22.7 Å². The molecule has 0 aliphatic heterocycles. The monoisotopic (exact) mass is 741 g/mol. The van der Waals surface area contributed by atoms with Crippen molar-refractivity contribution >= 4 is 53.0 Å². The standard InChI is InChI=1S/C39H36Cl2F3N3O2.ClH/c1-47(37(48)46-35-22-9-8-21-34(35)40)31-18-11-19-32(25-31)49-24-12-23-45-27-38(29-14-4-2-5-15-29,30-16-6-3-7-17-30)26-28-13-10-20-33(36(28)41)39(42,43)44;/h2-11,13-22,25,45H,12,23-24,26-27H2,1H3,(H,46,48);1H. The SMILES string of the molecule is CN(C(=O)Nc1ccccc1Cl)c1cccc(OCCCNCC(Cc2cccc(C(F)(F)F)c2Cl)(c2ccccc2)c2ccccc2)c1.Cl. The summed E-state index contributed by atoms with van der Waals surface area (Å²) in [6.07, 6.45) is -3.67. The van der Waals surface area contributed by atoms with Crippen LogP contribution in [0.2, 0.25) is 10.0 Å². The van der Waals surface area contributed by atoms with Gasteiger partial charge in [0.1, 0.15) is 5.75 Å². The molecule has 0 atom stereocenters. The van der Waals surface area contributed by atoms with Crippen molar-refractivity contribution in [1.82, 2.24) is 5.32 Å². The number of ether oxygens (including phenoxy) is 1. The Labute approximate surface area is 306 Å². The molecule has 0 fully saturated rings. The number of alkyl halides is 3. The summed E-state index contributed by atoms with van der Waals surface area (Å²) in [6, 6.07) is 37.5. The zero-order valence-corrected chi connectivity index (χ0v) is 29.6. The van der Waals surface area contributed by atoms with Crippen molar-refractivity contribution in [3.63, 3.8) is 0 Å². The van der Waals surface area contributed by atoms with Gasteiger partial charge in [-0.1, -0.05) is 114 Å². The van der Waals surface area contributed by atoms with E-state index >= 15 is 0 Å². The Morgan fingerprint density at radius 2 is 1.42 bits per heavy atom. The molecule has 5 rings (SSSR count). The van der Waals surface area contributed by atoms with E-state index in [2.05, 4.69) is 10.6 Å². The second-order valence-corrected chi connectivity index (χ2v) is 12.4. The van der Waals surface area contributed by atoms with Gasteiger partial charge in [-0.05, 0) is 66.4 Å². The molecule has 262 valence electrons. The fourth-order valence-corrected chi connectivity index (χ4v) is 6.24. The highest BCUT2D eigenvalue weighted by molar-refractivity contribution is 6.33. The van der Waals surface area contributed by atoms with Gasteiger partial charge in [0.05, 0.1) is 27.9 Å². The highest BCUT2D eigenvalue weighted by Crippen LogP contribution is 2.41. The molecule has 0 spiro atoms. The van der Waals surface area contributed by atoms with Crippen LogP contribution < -0.4 is 20.3 Å². The van der Waals surface area contributed by atoms with Crippen molar-refractivity contribution in [3.8, 4) is 5.75 Å². The number of nitrogens with zero attached hydrogens (tertiary/aromatic N) is 1. The average molecular weight is 743 g/mol. The van der Waals surface area contributed by atoms with Crippen LogP contribution in [0, 0.1) is 0 Å². The summed E-state index contributed by atoms with van der Waals surface area (Å²) < 4.78 is 47.5. The van der Waals surface area contributed by atoms with Crippen LogP contribution in [0.1, 0.15) is 28.7 Å². The van der Waals surface area contributed by atoms with Crippen molar-refractivity contribution in [1.29, 1.82) is 0 Å². The van der Waals surface area contributed by atoms with Crippen molar-refractivity contribution in [2.45, 2.75) is 24.4 Å². The van der Waals surface area contributed by atoms with E-state index < -0.39 is 17.2 Å². The minimum absolute atomic E-state index is 0. The van der Waals surface area contributed by atoms with Crippen LogP contribution in [0.15, 0.2) is 127 Å². The van der Waals surface area contributed by atoms with Gasteiger partial charge >= 0.3 is 12.2 Å². The number of halogens is 6. The van der Waals surface area contributed by atoms with E-state index in [0.29, 0.717) is 53.8 Å². The van der Waals surface area contributed by atoms with Gasteiger partial charge in [-0.25, -0.2) is 4.79 Å². The van der Waals surface area contributed by atoms with Gasteiger partial charge in [-0.15, -0.1) is 12.4 Å². The maximum absolute atomic E-state index is 13.8. The highest BCUT2D eigenvalue weighted by atomic mass is 35.5. The molecule has 0 radical (unpaired) electrons. The fraction of sp³-hybridized carbons (Fsp3) is 0.205. The summed E-state index contributed by atoms with van der Waals surface area (Å²) in [6.45, 7) is 1.42. The Hall–Kier alpha value is -4.21. The zero-order chi connectivity index (χ0) is 34.9. The number of anilines is 2. The Kier molecular flexibility index (Phi) is 13.6. The molecule has 0 saturated heterocycles. The lowest BCUT2D eigenvalue weighted by atomic mass is 9.70. The number of urea groups is 1. The molecule has 0 aliphatic rings. The van der Waals surface area contributed by atoms with Gasteiger partial charge < -0.3 is 15.4 Å². The number of benzene rings is 5. The topological polar surface area (TPSA) is 53.6 Å².